The van der Waals surface area contributed by atoms with Crippen molar-refractivity contribution < 1.29 is 13.2 Å². The maximum absolute atomic E-state index is 13.0. The summed E-state index contributed by atoms with van der Waals surface area (Å²) in [6, 6.07) is 19.3. The molecule has 0 bridgehead atoms. The Balaban J connectivity index is 1.82. The summed E-state index contributed by atoms with van der Waals surface area (Å²) in [6.45, 7) is 7.90. The first kappa shape index (κ1) is 22.6. The van der Waals surface area contributed by atoms with Crippen molar-refractivity contribution in [3.8, 4) is 0 Å². The summed E-state index contributed by atoms with van der Waals surface area (Å²) < 4.78 is 27.2. The zero-order valence-corrected chi connectivity index (χ0v) is 19.3. The Kier molecular flexibility index (Phi) is 6.51. The largest absolute Gasteiger partial charge is 0.346 e. The number of aryl methyl sites for hydroxylation is 3. The second-order valence-electron chi connectivity index (χ2n) is 7.89. The number of carbonyl (C=O) groups is 1. The van der Waals surface area contributed by atoms with E-state index >= 15 is 0 Å². The Morgan fingerprint density at radius 1 is 0.903 bits per heavy atom. The van der Waals surface area contributed by atoms with E-state index in [0.717, 1.165) is 16.7 Å². The number of anilines is 1. The summed E-state index contributed by atoms with van der Waals surface area (Å²) in [7, 11) is -2.23. The summed E-state index contributed by atoms with van der Waals surface area (Å²) in [5.41, 5.74) is 5.15. The maximum atomic E-state index is 13.0. The van der Waals surface area contributed by atoms with Crippen molar-refractivity contribution in [2.45, 2.75) is 38.6 Å². The van der Waals surface area contributed by atoms with Gasteiger partial charge in [-0.3, -0.25) is 9.10 Å². The molecule has 1 N–H and O–H groups in total. The Morgan fingerprint density at radius 3 is 2.19 bits per heavy atom. The number of sulfonamides is 1. The van der Waals surface area contributed by atoms with Crippen LogP contribution in [0.15, 0.2) is 71.6 Å². The molecule has 0 heterocycles. The van der Waals surface area contributed by atoms with Gasteiger partial charge in [0, 0.05) is 12.6 Å². The normalized spacial score (nSPS) is 12.3. The van der Waals surface area contributed by atoms with Crippen molar-refractivity contribution in [1.82, 2.24) is 5.32 Å². The van der Waals surface area contributed by atoms with Gasteiger partial charge in [-0.1, -0.05) is 47.5 Å². The standard InChI is InChI=1S/C25H28N2O3S/c1-17-9-12-23(13-10-17)31(29,30)27(5)22-8-6-7-21(16-22)25(28)26-20(4)24-14-11-18(2)15-19(24)3/h6-16,20H,1-5H3,(H,26,28)/t20-/m0/s1. The zero-order chi connectivity index (χ0) is 22.8. The average Bonchev–Trinajstić information content (AvgIpc) is 2.73. The van der Waals surface area contributed by atoms with E-state index in [1.807, 2.05) is 39.8 Å². The number of nitrogens with zero attached hydrogens (tertiary/aromatic N) is 1. The second-order valence-corrected chi connectivity index (χ2v) is 9.86. The van der Waals surface area contributed by atoms with Crippen molar-refractivity contribution in [3.05, 3.63) is 94.5 Å². The van der Waals surface area contributed by atoms with E-state index in [0.29, 0.717) is 11.3 Å². The molecule has 1 atom stereocenters. The molecule has 0 radical (unpaired) electrons. The van der Waals surface area contributed by atoms with Crippen molar-refractivity contribution >= 4 is 21.6 Å². The van der Waals surface area contributed by atoms with Gasteiger partial charge in [0.1, 0.15) is 0 Å². The Morgan fingerprint density at radius 2 is 1.55 bits per heavy atom. The summed E-state index contributed by atoms with van der Waals surface area (Å²) in [4.78, 5) is 13.1. The van der Waals surface area contributed by atoms with Crippen LogP contribution >= 0.6 is 0 Å². The fourth-order valence-electron chi connectivity index (χ4n) is 3.52. The fraction of sp³-hybridized carbons (Fsp3) is 0.240. The lowest BCUT2D eigenvalue weighted by Gasteiger charge is -2.21. The van der Waals surface area contributed by atoms with Gasteiger partial charge < -0.3 is 5.32 Å². The number of carbonyl (C=O) groups excluding carboxylic acids is 1. The molecule has 3 aromatic rings. The molecule has 31 heavy (non-hydrogen) atoms. The molecular formula is C25H28N2O3S. The number of hydrogen-bond donors (Lipinski definition) is 1. The lowest BCUT2D eigenvalue weighted by atomic mass is 10.00. The third-order valence-corrected chi connectivity index (χ3v) is 7.19. The highest BCUT2D eigenvalue weighted by Gasteiger charge is 2.22. The zero-order valence-electron chi connectivity index (χ0n) is 18.5. The van der Waals surface area contributed by atoms with Gasteiger partial charge in [-0.15, -0.1) is 0 Å². The van der Waals surface area contributed by atoms with Crippen LogP contribution in [0.5, 0.6) is 0 Å². The third-order valence-electron chi connectivity index (χ3n) is 5.39. The summed E-state index contributed by atoms with van der Waals surface area (Å²) in [6.07, 6.45) is 0. The number of hydrogen-bond acceptors (Lipinski definition) is 3. The molecule has 0 unspecified atom stereocenters. The van der Waals surface area contributed by atoms with Crippen LogP contribution in [0.3, 0.4) is 0 Å². The molecule has 0 aliphatic heterocycles. The summed E-state index contributed by atoms with van der Waals surface area (Å²) >= 11 is 0. The quantitative estimate of drug-likeness (QED) is 0.596. The van der Waals surface area contributed by atoms with Gasteiger partial charge >= 0.3 is 0 Å². The maximum Gasteiger partial charge on any atom is 0.264 e. The van der Waals surface area contributed by atoms with E-state index in [9.17, 15) is 13.2 Å². The van der Waals surface area contributed by atoms with Gasteiger partial charge in [0.05, 0.1) is 16.6 Å². The molecule has 0 aliphatic carbocycles. The van der Waals surface area contributed by atoms with E-state index in [2.05, 4.69) is 11.4 Å². The predicted molar refractivity (Wildman–Crippen MR) is 125 cm³/mol. The molecule has 162 valence electrons. The average molecular weight is 437 g/mol. The Bertz CT molecular complexity index is 1200. The van der Waals surface area contributed by atoms with Crippen LogP contribution in [0.25, 0.3) is 0 Å². The van der Waals surface area contributed by atoms with Crippen LogP contribution in [0.4, 0.5) is 5.69 Å². The van der Waals surface area contributed by atoms with Crippen LogP contribution in [0.1, 0.15) is 45.6 Å². The van der Waals surface area contributed by atoms with Gasteiger partial charge in [-0.05, 0) is 69.2 Å². The first-order valence-corrected chi connectivity index (χ1v) is 11.6. The molecule has 0 saturated carbocycles. The molecule has 3 aromatic carbocycles. The minimum absolute atomic E-state index is 0.175. The van der Waals surface area contributed by atoms with Crippen LogP contribution in [-0.2, 0) is 10.0 Å². The molecule has 0 aromatic heterocycles. The van der Waals surface area contributed by atoms with Gasteiger partial charge in [-0.25, -0.2) is 8.42 Å². The first-order valence-electron chi connectivity index (χ1n) is 10.1. The number of amides is 1. The van der Waals surface area contributed by atoms with Crippen molar-refractivity contribution in [1.29, 1.82) is 0 Å². The highest BCUT2D eigenvalue weighted by molar-refractivity contribution is 7.92. The van der Waals surface area contributed by atoms with Crippen molar-refractivity contribution in [2.75, 3.05) is 11.4 Å². The fourth-order valence-corrected chi connectivity index (χ4v) is 4.71. The molecule has 1 amide bonds. The van der Waals surface area contributed by atoms with E-state index in [-0.39, 0.29) is 16.8 Å². The molecule has 0 fully saturated rings. The second kappa shape index (κ2) is 8.94. The summed E-state index contributed by atoms with van der Waals surface area (Å²) in [5, 5.41) is 3.01. The van der Waals surface area contributed by atoms with Crippen LogP contribution < -0.4 is 9.62 Å². The minimum atomic E-state index is -3.73. The highest BCUT2D eigenvalue weighted by Crippen LogP contribution is 2.24. The monoisotopic (exact) mass is 436 g/mol. The summed E-state index contributed by atoms with van der Waals surface area (Å²) in [5.74, 6) is -0.254. The SMILES string of the molecule is Cc1ccc(S(=O)(=O)N(C)c2cccc(C(=O)N[C@@H](C)c3ccc(C)cc3C)c2)cc1. The smallest absolute Gasteiger partial charge is 0.264 e. The molecular weight excluding hydrogens is 408 g/mol. The number of benzene rings is 3. The highest BCUT2D eigenvalue weighted by atomic mass is 32.2. The van der Waals surface area contributed by atoms with Gasteiger partial charge in [-0.2, -0.15) is 0 Å². The van der Waals surface area contributed by atoms with Crippen molar-refractivity contribution in [3.63, 3.8) is 0 Å². The molecule has 0 spiro atoms. The molecule has 0 saturated heterocycles. The molecule has 5 nitrogen and oxygen atoms in total. The van der Waals surface area contributed by atoms with Gasteiger partial charge in [0.2, 0.25) is 0 Å². The Labute approximate surface area is 184 Å². The topological polar surface area (TPSA) is 66.5 Å². The Hall–Kier alpha value is -3.12. The van der Waals surface area contributed by atoms with E-state index < -0.39 is 10.0 Å². The van der Waals surface area contributed by atoms with Crippen LogP contribution in [0.2, 0.25) is 0 Å². The van der Waals surface area contributed by atoms with E-state index in [1.54, 1.807) is 48.5 Å². The lowest BCUT2D eigenvalue weighted by Crippen LogP contribution is -2.29. The van der Waals surface area contributed by atoms with Crippen LogP contribution in [0, 0.1) is 20.8 Å². The van der Waals surface area contributed by atoms with Gasteiger partial charge in [0.15, 0.2) is 0 Å². The van der Waals surface area contributed by atoms with Gasteiger partial charge in [0.25, 0.3) is 15.9 Å². The lowest BCUT2D eigenvalue weighted by molar-refractivity contribution is 0.0940. The first-order chi connectivity index (χ1) is 14.6. The number of nitrogens with one attached hydrogen (secondary N) is 1. The van der Waals surface area contributed by atoms with Crippen LogP contribution in [-0.4, -0.2) is 21.4 Å². The van der Waals surface area contributed by atoms with Crippen molar-refractivity contribution in [2.24, 2.45) is 0 Å². The van der Waals surface area contributed by atoms with E-state index in [4.69, 9.17) is 0 Å². The molecule has 6 heteroatoms. The minimum Gasteiger partial charge on any atom is -0.346 e. The molecule has 0 aliphatic rings. The number of rotatable bonds is 6. The predicted octanol–water partition coefficient (Wildman–Crippen LogP) is 4.93. The third kappa shape index (κ3) is 4.97. The molecule has 3 rings (SSSR count). The van der Waals surface area contributed by atoms with E-state index in [1.165, 1.54) is 16.9 Å².